The Kier molecular flexibility index (Phi) is 7.95. The van der Waals surface area contributed by atoms with Crippen LogP contribution >= 0.6 is 0 Å². The van der Waals surface area contributed by atoms with Crippen LogP contribution in [0.4, 0.5) is 0 Å². The second kappa shape index (κ2) is 10.3. The molecule has 0 saturated carbocycles. The normalized spacial score (nSPS) is 32.5. The van der Waals surface area contributed by atoms with Crippen LogP contribution in [0.15, 0.2) is 30.3 Å². The van der Waals surface area contributed by atoms with Crippen molar-refractivity contribution in [1.29, 1.82) is 0 Å². The lowest BCUT2D eigenvalue weighted by molar-refractivity contribution is -0.319. The van der Waals surface area contributed by atoms with Gasteiger partial charge in [0.15, 0.2) is 14.1 Å². The third-order valence-electron chi connectivity index (χ3n) is 7.74. The molecule has 7 heteroatoms. The van der Waals surface area contributed by atoms with Crippen molar-refractivity contribution in [3.05, 3.63) is 35.9 Å². The van der Waals surface area contributed by atoms with Crippen LogP contribution in [0.1, 0.15) is 59.4 Å². The average Bonchev–Trinajstić information content (AvgIpc) is 3.49. The van der Waals surface area contributed by atoms with Gasteiger partial charge in [-0.25, -0.2) is 0 Å². The van der Waals surface area contributed by atoms with Crippen LogP contribution in [0.25, 0.3) is 0 Å². The molecular formula is C27H44O6Si. The minimum Gasteiger partial charge on any atom is -0.409 e. The van der Waals surface area contributed by atoms with E-state index in [1.807, 2.05) is 32.0 Å². The van der Waals surface area contributed by atoms with E-state index < -0.39 is 14.1 Å². The molecule has 0 N–H and O–H groups in total. The minimum absolute atomic E-state index is 0.00652. The Morgan fingerprint density at radius 3 is 2.41 bits per heavy atom. The molecule has 1 aromatic rings. The van der Waals surface area contributed by atoms with Crippen LogP contribution < -0.4 is 0 Å². The van der Waals surface area contributed by atoms with Gasteiger partial charge >= 0.3 is 0 Å². The van der Waals surface area contributed by atoms with Crippen LogP contribution in [-0.4, -0.2) is 63.9 Å². The van der Waals surface area contributed by atoms with Crippen LogP contribution in [0.2, 0.25) is 18.1 Å². The third kappa shape index (κ3) is 6.69. The van der Waals surface area contributed by atoms with Gasteiger partial charge in [-0.1, -0.05) is 51.1 Å². The Hall–Kier alpha value is -0.803. The molecule has 192 valence electrons. The second-order valence-corrected chi connectivity index (χ2v) is 16.8. The standard InChI is InChI=1S/C27H44O6Si/c1-26(2,3)34(6,7)33-25(17-28-16-19-11-9-8-10-12-19)23-15-22-20(30-22)13-14-21-24(31-23)18-29-27(4,5)32-21/h8-12,20-25H,13-18H2,1-7H3/t20-,21+,22+,23+,24-,25+/m0/s1. The highest BCUT2D eigenvalue weighted by Crippen LogP contribution is 2.41. The quantitative estimate of drug-likeness (QED) is 0.373. The Bertz CT molecular complexity index is 792. The predicted octanol–water partition coefficient (Wildman–Crippen LogP) is 5.45. The van der Waals surface area contributed by atoms with Gasteiger partial charge in [0.1, 0.15) is 6.10 Å². The average molecular weight is 493 g/mol. The van der Waals surface area contributed by atoms with E-state index in [4.69, 9.17) is 28.1 Å². The molecule has 0 spiro atoms. The number of hydrogen-bond acceptors (Lipinski definition) is 6. The molecule has 0 aromatic heterocycles. The summed E-state index contributed by atoms with van der Waals surface area (Å²) in [6.45, 7) is 16.9. The maximum atomic E-state index is 6.96. The van der Waals surface area contributed by atoms with Crippen LogP contribution in [0.5, 0.6) is 0 Å². The first-order chi connectivity index (χ1) is 15.9. The van der Waals surface area contributed by atoms with E-state index in [2.05, 4.69) is 46.0 Å². The summed E-state index contributed by atoms with van der Waals surface area (Å²) in [5.74, 6) is -0.590. The first kappa shape index (κ1) is 26.3. The van der Waals surface area contributed by atoms with Gasteiger partial charge < -0.3 is 28.1 Å². The number of fused-ring (bicyclic) bond motifs is 2. The topological polar surface area (TPSA) is 58.7 Å². The fourth-order valence-electron chi connectivity index (χ4n) is 4.59. The highest BCUT2D eigenvalue weighted by atomic mass is 28.4. The van der Waals surface area contributed by atoms with Crippen LogP contribution in [-0.2, 0) is 34.7 Å². The second-order valence-electron chi connectivity index (χ2n) is 12.0. The van der Waals surface area contributed by atoms with Gasteiger partial charge in [-0.15, -0.1) is 0 Å². The maximum Gasteiger partial charge on any atom is 0.192 e. The highest BCUT2D eigenvalue weighted by Gasteiger charge is 2.49. The molecule has 3 aliphatic heterocycles. The van der Waals surface area contributed by atoms with Crippen molar-refractivity contribution in [1.82, 2.24) is 0 Å². The van der Waals surface area contributed by atoms with Gasteiger partial charge in [-0.05, 0) is 50.4 Å². The van der Waals surface area contributed by atoms with Crippen molar-refractivity contribution in [3.8, 4) is 0 Å². The molecule has 0 aliphatic carbocycles. The van der Waals surface area contributed by atoms with E-state index in [9.17, 15) is 0 Å². The molecule has 3 aliphatic rings. The summed E-state index contributed by atoms with van der Waals surface area (Å²) in [5.41, 5.74) is 1.16. The van der Waals surface area contributed by atoms with Gasteiger partial charge in [0.05, 0.1) is 50.3 Å². The van der Waals surface area contributed by atoms with Gasteiger partial charge in [-0.3, -0.25) is 0 Å². The Labute approximate surface area is 206 Å². The van der Waals surface area contributed by atoms with Gasteiger partial charge in [0.25, 0.3) is 0 Å². The number of hydrogen-bond donors (Lipinski definition) is 0. The fourth-order valence-corrected chi connectivity index (χ4v) is 5.92. The van der Waals surface area contributed by atoms with Gasteiger partial charge in [0.2, 0.25) is 0 Å². The Morgan fingerprint density at radius 1 is 1.00 bits per heavy atom. The molecule has 6 atom stereocenters. The molecule has 3 saturated heterocycles. The van der Waals surface area contributed by atoms with Crippen molar-refractivity contribution in [2.24, 2.45) is 0 Å². The van der Waals surface area contributed by atoms with Crippen molar-refractivity contribution >= 4 is 8.32 Å². The number of rotatable bonds is 7. The van der Waals surface area contributed by atoms with Crippen molar-refractivity contribution in [3.63, 3.8) is 0 Å². The fraction of sp³-hybridized carbons (Fsp3) is 0.778. The zero-order valence-electron chi connectivity index (χ0n) is 22.0. The lowest BCUT2D eigenvalue weighted by atomic mass is 10.0. The Morgan fingerprint density at radius 2 is 1.71 bits per heavy atom. The molecule has 0 radical (unpaired) electrons. The molecule has 3 fully saturated rings. The highest BCUT2D eigenvalue weighted by molar-refractivity contribution is 6.74. The third-order valence-corrected chi connectivity index (χ3v) is 12.2. The monoisotopic (exact) mass is 492 g/mol. The van der Waals surface area contributed by atoms with E-state index in [0.717, 1.165) is 24.8 Å². The molecular weight excluding hydrogens is 448 g/mol. The van der Waals surface area contributed by atoms with Crippen LogP contribution in [0, 0.1) is 0 Å². The summed E-state index contributed by atoms with van der Waals surface area (Å²) >= 11 is 0. The van der Waals surface area contributed by atoms with Gasteiger partial charge in [-0.2, -0.15) is 0 Å². The maximum absolute atomic E-state index is 6.96. The summed E-state index contributed by atoms with van der Waals surface area (Å²) in [6.07, 6.45) is 2.80. The van der Waals surface area contributed by atoms with Crippen molar-refractivity contribution < 1.29 is 28.1 Å². The van der Waals surface area contributed by atoms with E-state index in [-0.39, 0.29) is 41.7 Å². The molecule has 0 unspecified atom stereocenters. The smallest absolute Gasteiger partial charge is 0.192 e. The molecule has 6 nitrogen and oxygen atoms in total. The van der Waals surface area contributed by atoms with E-state index in [1.54, 1.807) is 0 Å². The summed E-state index contributed by atoms with van der Waals surface area (Å²) < 4.78 is 38.3. The molecule has 1 aromatic carbocycles. The predicted molar refractivity (Wildman–Crippen MR) is 134 cm³/mol. The molecule has 34 heavy (non-hydrogen) atoms. The summed E-state index contributed by atoms with van der Waals surface area (Å²) in [6, 6.07) is 10.3. The van der Waals surface area contributed by atoms with E-state index in [1.165, 1.54) is 0 Å². The van der Waals surface area contributed by atoms with Crippen molar-refractivity contribution in [2.75, 3.05) is 13.2 Å². The molecule has 4 rings (SSSR count). The first-order valence-corrected chi connectivity index (χ1v) is 15.8. The lowest BCUT2D eigenvalue weighted by Gasteiger charge is -2.44. The first-order valence-electron chi connectivity index (χ1n) is 12.9. The number of epoxide rings is 1. The summed E-state index contributed by atoms with van der Waals surface area (Å²) in [4.78, 5) is 0. The van der Waals surface area contributed by atoms with E-state index in [0.29, 0.717) is 19.8 Å². The van der Waals surface area contributed by atoms with Gasteiger partial charge in [0, 0.05) is 6.42 Å². The summed E-state index contributed by atoms with van der Waals surface area (Å²) in [7, 11) is -2.06. The molecule has 0 amide bonds. The molecule has 3 heterocycles. The lowest BCUT2D eigenvalue weighted by Crippen LogP contribution is -2.54. The SMILES string of the molecule is CC1(C)OC[C@@H]2O[C@@H]([C@@H](COCc3ccccc3)O[Si](C)(C)C(C)(C)C)C[C@H]3O[C@H]3CC[C@H]2O1. The number of benzene rings is 1. The number of ether oxygens (including phenoxy) is 5. The van der Waals surface area contributed by atoms with E-state index >= 15 is 0 Å². The molecule has 0 bridgehead atoms. The largest absolute Gasteiger partial charge is 0.409 e. The van der Waals surface area contributed by atoms with Crippen LogP contribution in [0.3, 0.4) is 0 Å². The zero-order chi connectivity index (χ0) is 24.6. The zero-order valence-corrected chi connectivity index (χ0v) is 23.0. The summed E-state index contributed by atoms with van der Waals surface area (Å²) in [5, 5.41) is 0.0887. The van der Waals surface area contributed by atoms with Crippen molar-refractivity contribution in [2.45, 2.75) is 121 Å². The minimum atomic E-state index is -2.06. The Balaban J connectivity index is 1.52.